The maximum Gasteiger partial charge on any atom is 3.00 e. The van der Waals surface area contributed by atoms with Crippen LogP contribution in [0.5, 0.6) is 0 Å². The van der Waals surface area contributed by atoms with Crippen LogP contribution in [0, 0.1) is 6.92 Å². The zero-order valence-electron chi connectivity index (χ0n) is 14.8. The first kappa shape index (κ1) is 21.8. The molecule has 5 aromatic rings. The molecule has 131 valence electrons. The molecule has 0 saturated heterocycles. The van der Waals surface area contributed by atoms with Crippen molar-refractivity contribution in [3.63, 3.8) is 0 Å². The third-order valence-corrected chi connectivity index (χ3v) is 5.04. The first-order valence-electron chi connectivity index (χ1n) is 8.39. The van der Waals surface area contributed by atoms with Gasteiger partial charge in [-0.25, -0.2) is 0 Å². The number of aryl methyl sites for hydroxylation is 1. The number of hydrogen-bond donors (Lipinski definition) is 0. The Morgan fingerprint density at radius 1 is 0.630 bits per heavy atom. The van der Waals surface area contributed by atoms with Gasteiger partial charge in [0, 0.05) is 0 Å². The van der Waals surface area contributed by atoms with Gasteiger partial charge in [-0.15, -0.1) is 46.2 Å². The second kappa shape index (κ2) is 8.65. The Morgan fingerprint density at radius 3 is 2.07 bits per heavy atom. The summed E-state index contributed by atoms with van der Waals surface area (Å²) in [7, 11) is 0. The summed E-state index contributed by atoms with van der Waals surface area (Å²) < 4.78 is 0. The van der Waals surface area contributed by atoms with Gasteiger partial charge >= 0.3 is 26.2 Å². The van der Waals surface area contributed by atoms with Gasteiger partial charge in [-0.05, 0) is 21.5 Å². The average molecular weight is 468 g/mol. The second-order valence-electron chi connectivity index (χ2n) is 6.48. The molecular weight excluding hydrogens is 450 g/mol. The maximum atomic E-state index is 2.30. The minimum absolute atomic E-state index is 0. The molecule has 0 aliphatic heterocycles. The van der Waals surface area contributed by atoms with Gasteiger partial charge in [0.1, 0.15) is 0 Å². The number of benzene rings is 4. The van der Waals surface area contributed by atoms with Crippen LogP contribution in [-0.4, -0.2) is 0 Å². The van der Waals surface area contributed by atoms with E-state index in [9.17, 15) is 0 Å². The van der Waals surface area contributed by atoms with Crippen LogP contribution >= 0.6 is 0 Å². The molecule has 1 radical (unpaired) electrons. The van der Waals surface area contributed by atoms with Gasteiger partial charge in [0.15, 0.2) is 0 Å². The molecule has 5 aromatic carbocycles. The van der Waals surface area contributed by atoms with Gasteiger partial charge in [-0.2, -0.15) is 0 Å². The molecule has 27 heavy (non-hydrogen) atoms. The SMILES string of the molecule is Cc1[cH-]c2ccccc2c1-c1cccc2ccc3ccccc3c12.[Cl-].[Cl-].[Zr+3]. The number of hydrogen-bond acceptors (Lipinski definition) is 0. The molecular formula is C24H17Cl2Zr. The van der Waals surface area contributed by atoms with Gasteiger partial charge in [-0.3, -0.25) is 0 Å². The summed E-state index contributed by atoms with van der Waals surface area (Å²) in [6.07, 6.45) is 0. The van der Waals surface area contributed by atoms with Crippen molar-refractivity contribution in [3.05, 3.63) is 90.5 Å². The van der Waals surface area contributed by atoms with Crippen molar-refractivity contribution in [1.29, 1.82) is 0 Å². The molecule has 0 saturated carbocycles. The van der Waals surface area contributed by atoms with Crippen LogP contribution < -0.4 is 24.8 Å². The van der Waals surface area contributed by atoms with Crippen molar-refractivity contribution < 1.29 is 51.0 Å². The molecule has 5 rings (SSSR count). The van der Waals surface area contributed by atoms with Crippen LogP contribution in [0.15, 0.2) is 84.9 Å². The molecule has 0 unspecified atom stereocenters. The zero-order chi connectivity index (χ0) is 16.1. The van der Waals surface area contributed by atoms with E-state index in [0.29, 0.717) is 0 Å². The summed E-state index contributed by atoms with van der Waals surface area (Å²) in [5.41, 5.74) is 4.05. The monoisotopic (exact) mass is 465 g/mol. The van der Waals surface area contributed by atoms with E-state index in [1.54, 1.807) is 0 Å². The first-order valence-corrected chi connectivity index (χ1v) is 8.39. The van der Waals surface area contributed by atoms with Crippen LogP contribution in [0.3, 0.4) is 0 Å². The smallest absolute Gasteiger partial charge is 1.00 e. The number of rotatable bonds is 1. The normalized spacial score (nSPS) is 10.3. The molecule has 0 fully saturated rings. The summed E-state index contributed by atoms with van der Waals surface area (Å²) in [4.78, 5) is 0. The number of halogens is 2. The molecule has 0 amide bonds. The second-order valence-corrected chi connectivity index (χ2v) is 6.48. The minimum Gasteiger partial charge on any atom is -1.00 e. The molecule has 0 atom stereocenters. The van der Waals surface area contributed by atoms with E-state index < -0.39 is 0 Å². The Labute approximate surface area is 190 Å². The topological polar surface area (TPSA) is 0 Å². The molecule has 0 bridgehead atoms. The maximum absolute atomic E-state index is 2.30. The summed E-state index contributed by atoms with van der Waals surface area (Å²) in [6, 6.07) is 30.8. The quantitative estimate of drug-likeness (QED) is 0.253. The minimum atomic E-state index is 0. The third kappa shape index (κ3) is 3.49. The molecule has 0 heterocycles. The molecule has 0 nitrogen and oxygen atoms in total. The Balaban J connectivity index is 0.000000871. The van der Waals surface area contributed by atoms with Crippen LogP contribution in [-0.2, 0) is 26.2 Å². The van der Waals surface area contributed by atoms with Gasteiger partial charge < -0.3 is 24.8 Å². The fourth-order valence-corrected chi connectivity index (χ4v) is 3.99. The van der Waals surface area contributed by atoms with Crippen molar-refractivity contribution in [2.75, 3.05) is 0 Å². The van der Waals surface area contributed by atoms with E-state index in [1.165, 1.54) is 49.0 Å². The van der Waals surface area contributed by atoms with Gasteiger partial charge in [-0.1, -0.05) is 73.2 Å². The van der Waals surface area contributed by atoms with E-state index in [0.717, 1.165) is 0 Å². The van der Waals surface area contributed by atoms with Crippen LogP contribution in [0.25, 0.3) is 43.4 Å². The predicted octanol–water partition coefficient (Wildman–Crippen LogP) is 0.846. The van der Waals surface area contributed by atoms with E-state index >= 15 is 0 Å². The zero-order valence-corrected chi connectivity index (χ0v) is 18.8. The fraction of sp³-hybridized carbons (Fsp3) is 0.0417. The van der Waals surface area contributed by atoms with Crippen molar-refractivity contribution in [3.8, 4) is 11.1 Å². The van der Waals surface area contributed by atoms with Crippen LogP contribution in [0.4, 0.5) is 0 Å². The van der Waals surface area contributed by atoms with Crippen LogP contribution in [0.1, 0.15) is 5.56 Å². The van der Waals surface area contributed by atoms with E-state index in [2.05, 4.69) is 91.9 Å². The van der Waals surface area contributed by atoms with E-state index in [-0.39, 0.29) is 51.0 Å². The van der Waals surface area contributed by atoms with E-state index in [4.69, 9.17) is 0 Å². The summed E-state index contributed by atoms with van der Waals surface area (Å²) in [5.74, 6) is 0. The van der Waals surface area contributed by atoms with E-state index in [1.807, 2.05) is 0 Å². The molecule has 0 spiro atoms. The van der Waals surface area contributed by atoms with Crippen molar-refractivity contribution in [1.82, 2.24) is 0 Å². The Kier molecular flexibility index (Phi) is 6.98. The van der Waals surface area contributed by atoms with Crippen molar-refractivity contribution in [2.24, 2.45) is 0 Å². The Bertz CT molecular complexity index is 1220. The van der Waals surface area contributed by atoms with Crippen molar-refractivity contribution >= 4 is 32.3 Å². The van der Waals surface area contributed by atoms with Gasteiger partial charge in [0.25, 0.3) is 0 Å². The first-order chi connectivity index (χ1) is 11.8. The molecule has 0 aromatic heterocycles. The van der Waals surface area contributed by atoms with Gasteiger partial charge in [0.2, 0.25) is 0 Å². The number of fused-ring (bicyclic) bond motifs is 4. The molecule has 3 heteroatoms. The summed E-state index contributed by atoms with van der Waals surface area (Å²) in [5, 5.41) is 7.95. The Hall–Kier alpha value is -1.53. The Morgan fingerprint density at radius 2 is 1.26 bits per heavy atom. The predicted molar refractivity (Wildman–Crippen MR) is 105 cm³/mol. The van der Waals surface area contributed by atoms with Crippen LogP contribution in [0.2, 0.25) is 0 Å². The molecule has 0 aliphatic carbocycles. The fourth-order valence-electron chi connectivity index (χ4n) is 3.99. The third-order valence-electron chi connectivity index (χ3n) is 5.04. The van der Waals surface area contributed by atoms with Crippen molar-refractivity contribution in [2.45, 2.75) is 6.92 Å². The molecule has 0 aliphatic rings. The molecule has 0 N–H and O–H groups in total. The largest absolute Gasteiger partial charge is 3.00 e. The average Bonchev–Trinajstić information content (AvgIpc) is 2.96. The standard InChI is InChI=1S/C24H17.2ClH.Zr/c1-16-15-19-8-3-5-11-21(19)23(16)22-12-6-9-18-14-13-17-7-2-4-10-20(17)24(18)22;;;/h2-15H,1H3;2*1H;/q-1;;;+3/p-2. The van der Waals surface area contributed by atoms with Gasteiger partial charge in [0.05, 0.1) is 0 Å². The summed E-state index contributed by atoms with van der Waals surface area (Å²) in [6.45, 7) is 2.22. The summed E-state index contributed by atoms with van der Waals surface area (Å²) >= 11 is 0.